The van der Waals surface area contributed by atoms with Crippen LogP contribution in [0.2, 0.25) is 0 Å². The van der Waals surface area contributed by atoms with Gasteiger partial charge in [0, 0.05) is 41.5 Å². The van der Waals surface area contributed by atoms with Gasteiger partial charge in [0.15, 0.2) is 23.3 Å². The number of aromatic nitrogens is 2. The zero-order chi connectivity index (χ0) is 43.3. The molecule has 2 N–H and O–H groups in total. The number of rotatable bonds is 6. The number of nitrogens with one attached hydrogen (secondary N) is 2. The van der Waals surface area contributed by atoms with Crippen LogP contribution in [0.3, 0.4) is 0 Å². The molecule has 312 valence electrons. The lowest BCUT2D eigenvalue weighted by Crippen LogP contribution is -2.39. The molecule has 4 aromatic carbocycles. The highest BCUT2D eigenvalue weighted by Gasteiger charge is 2.42. The molecule has 3 aliphatic rings. The van der Waals surface area contributed by atoms with Gasteiger partial charge in [0.05, 0.1) is 29.9 Å². The molecule has 1 saturated heterocycles. The Balaban J connectivity index is 0.000000169. The third-order valence-electron chi connectivity index (χ3n) is 11.8. The van der Waals surface area contributed by atoms with Crippen LogP contribution >= 0.6 is 0 Å². The maximum absolute atomic E-state index is 14.4. The Morgan fingerprint density at radius 2 is 1.25 bits per heavy atom. The highest BCUT2D eigenvalue weighted by atomic mass is 19.2. The van der Waals surface area contributed by atoms with E-state index in [0.29, 0.717) is 25.1 Å². The monoisotopic (exact) mass is 836 g/mol. The number of halogens is 6. The normalized spacial score (nSPS) is 17.0. The van der Waals surface area contributed by atoms with Gasteiger partial charge in [0.1, 0.15) is 11.6 Å². The number of fused-ring (bicyclic) bond motifs is 4. The van der Waals surface area contributed by atoms with Gasteiger partial charge >= 0.3 is 0 Å². The van der Waals surface area contributed by atoms with Gasteiger partial charge in [-0.05, 0) is 115 Å². The number of likely N-dealkylation sites (tertiary alicyclic amines) is 1. The van der Waals surface area contributed by atoms with Crippen LogP contribution in [0, 0.1) is 54.7 Å². The Labute approximate surface area is 344 Å². The number of carbonyl (C=O) groups excluding carboxylic acids is 2. The predicted octanol–water partition coefficient (Wildman–Crippen LogP) is 8.22. The number of carbonyl (C=O) groups is 2. The molecule has 2 aromatic heterocycles. The first-order valence-electron chi connectivity index (χ1n) is 19.7. The van der Waals surface area contributed by atoms with Crippen LogP contribution in [0.25, 0.3) is 33.0 Å². The average Bonchev–Trinajstić information content (AvgIpc) is 3.86. The molecule has 14 heteroatoms. The molecular weight excluding hydrogens is 799 g/mol. The molecule has 1 unspecified atom stereocenters. The zero-order valence-corrected chi connectivity index (χ0v) is 33.0. The largest absolute Gasteiger partial charge is 0.338 e. The molecule has 8 nitrogen and oxygen atoms in total. The Hall–Kier alpha value is -6.70. The van der Waals surface area contributed by atoms with E-state index in [4.69, 9.17) is 0 Å². The van der Waals surface area contributed by atoms with Crippen LogP contribution in [0.5, 0.6) is 0 Å². The number of benzene rings is 4. The maximum atomic E-state index is 14.4. The van der Waals surface area contributed by atoms with Gasteiger partial charge in [-0.3, -0.25) is 19.2 Å². The summed E-state index contributed by atoms with van der Waals surface area (Å²) in [7, 11) is 0. The molecule has 1 fully saturated rings. The summed E-state index contributed by atoms with van der Waals surface area (Å²) in [4.78, 5) is 59.5. The fourth-order valence-corrected chi connectivity index (χ4v) is 8.76. The van der Waals surface area contributed by atoms with Crippen molar-refractivity contribution >= 4 is 44.8 Å². The van der Waals surface area contributed by atoms with Crippen LogP contribution < -0.4 is 11.1 Å². The molecule has 2 bridgehead atoms. The Kier molecular flexibility index (Phi) is 11.0. The second kappa shape index (κ2) is 16.4. The highest BCUT2D eigenvalue weighted by molar-refractivity contribution is 5.89. The van der Waals surface area contributed by atoms with Crippen molar-refractivity contribution in [1.29, 1.82) is 0 Å². The summed E-state index contributed by atoms with van der Waals surface area (Å²) in [6.07, 6.45) is 4.95. The topological polar surface area (TPSA) is 106 Å². The number of amides is 2. The molecular formula is C47H38F6N4O4. The fourth-order valence-electron chi connectivity index (χ4n) is 8.76. The van der Waals surface area contributed by atoms with Gasteiger partial charge < -0.3 is 19.8 Å². The number of hydrogen-bond acceptors (Lipinski definition) is 4. The summed E-state index contributed by atoms with van der Waals surface area (Å²) in [5.74, 6) is -5.22. The molecule has 6 aromatic rings. The van der Waals surface area contributed by atoms with E-state index in [0.717, 1.165) is 35.3 Å². The van der Waals surface area contributed by atoms with Crippen LogP contribution in [0.1, 0.15) is 46.2 Å². The molecule has 2 atom stereocenters. The predicted molar refractivity (Wildman–Crippen MR) is 219 cm³/mol. The fraction of sp³-hybridized carbons (Fsp3) is 0.234. The van der Waals surface area contributed by atoms with E-state index in [1.807, 2.05) is 12.1 Å². The number of H-pyrrole nitrogens is 2. The first-order valence-corrected chi connectivity index (χ1v) is 19.7. The van der Waals surface area contributed by atoms with E-state index in [2.05, 4.69) is 16.0 Å². The van der Waals surface area contributed by atoms with E-state index in [1.165, 1.54) is 50.2 Å². The Morgan fingerprint density at radius 3 is 1.80 bits per heavy atom. The Morgan fingerprint density at radius 1 is 0.705 bits per heavy atom. The van der Waals surface area contributed by atoms with E-state index < -0.39 is 34.4 Å². The first kappa shape index (κ1) is 41.1. The van der Waals surface area contributed by atoms with Gasteiger partial charge in [-0.2, -0.15) is 0 Å². The minimum absolute atomic E-state index is 0.0225. The van der Waals surface area contributed by atoms with Crippen LogP contribution in [-0.2, 0) is 22.4 Å². The number of aryl methyl sites for hydroxylation is 2. The summed E-state index contributed by atoms with van der Waals surface area (Å²) in [6, 6.07) is 16.7. The van der Waals surface area contributed by atoms with E-state index >= 15 is 0 Å². The van der Waals surface area contributed by atoms with Gasteiger partial charge in [0.25, 0.3) is 11.1 Å². The number of hydrogen-bond donors (Lipinski definition) is 2. The molecule has 0 spiro atoms. The van der Waals surface area contributed by atoms with Crippen molar-refractivity contribution < 1.29 is 35.9 Å². The molecule has 1 aliphatic carbocycles. The lowest BCUT2D eigenvalue weighted by Gasteiger charge is -2.29. The smallest absolute Gasteiger partial charge is 0.252 e. The average molecular weight is 837 g/mol. The van der Waals surface area contributed by atoms with Crippen molar-refractivity contribution in [2.45, 2.75) is 45.6 Å². The number of aromatic amines is 2. The quantitative estimate of drug-likeness (QED) is 0.165. The van der Waals surface area contributed by atoms with Crippen molar-refractivity contribution in [3.05, 3.63) is 174 Å². The van der Waals surface area contributed by atoms with E-state index in [1.54, 1.807) is 28.0 Å². The van der Waals surface area contributed by atoms with Crippen LogP contribution in [0.15, 0.2) is 94.5 Å². The summed E-state index contributed by atoms with van der Waals surface area (Å²) < 4.78 is 83.3. The van der Waals surface area contributed by atoms with Gasteiger partial charge in [-0.15, -0.1) is 0 Å². The summed E-state index contributed by atoms with van der Waals surface area (Å²) >= 11 is 0. The minimum atomic E-state index is -1.05. The van der Waals surface area contributed by atoms with Crippen molar-refractivity contribution in [2.75, 3.05) is 19.6 Å². The third kappa shape index (κ3) is 7.89. The molecule has 0 saturated carbocycles. The highest BCUT2D eigenvalue weighted by Crippen LogP contribution is 2.42. The van der Waals surface area contributed by atoms with Gasteiger partial charge in [-0.1, -0.05) is 36.4 Å². The van der Waals surface area contributed by atoms with E-state index in [-0.39, 0.29) is 98.9 Å². The lowest BCUT2D eigenvalue weighted by atomic mass is 9.98. The van der Waals surface area contributed by atoms with E-state index in [9.17, 15) is 45.5 Å². The van der Waals surface area contributed by atoms with Crippen LogP contribution in [0.4, 0.5) is 26.3 Å². The van der Waals surface area contributed by atoms with Gasteiger partial charge in [0.2, 0.25) is 11.8 Å². The Bertz CT molecular complexity index is 2970. The molecule has 0 radical (unpaired) electrons. The number of pyridine rings is 2. The summed E-state index contributed by atoms with van der Waals surface area (Å²) in [5.41, 5.74) is 3.29. The van der Waals surface area contributed by atoms with Gasteiger partial charge in [-0.25, -0.2) is 26.3 Å². The zero-order valence-electron chi connectivity index (χ0n) is 33.0. The van der Waals surface area contributed by atoms with Crippen molar-refractivity contribution in [3.63, 3.8) is 0 Å². The summed E-state index contributed by atoms with van der Waals surface area (Å²) in [5, 5.41) is -0.0536. The van der Waals surface area contributed by atoms with Crippen molar-refractivity contribution in [1.82, 2.24) is 19.8 Å². The molecule has 2 amide bonds. The van der Waals surface area contributed by atoms with Crippen molar-refractivity contribution in [2.24, 2.45) is 5.92 Å². The first-order chi connectivity index (χ1) is 29.2. The standard InChI is InChI=1S/C24H19F3N2O2.C23H19F3N2O2/c1-12-16(24(31)28-19-6-5-18(26)23(27)22(12)19)10-21(30)29-11-13-7-17(20(29)8-13)14-3-2-4-15(25)9-14;1-13-17(23(30)27-19-8-7-18(25)22(26)21(13)19)11-20(29)28-9-3-5-15(12-28)14-4-2-6-16(24)10-14/h2-7,9,13,20H,8,10-11H2,1H3,(H,28,31);2,4-8,10H,3,9,11-12H2,1H3,(H,27,30)/t13?,20-;/m1./s1. The minimum Gasteiger partial charge on any atom is -0.338 e. The van der Waals surface area contributed by atoms with Crippen molar-refractivity contribution in [3.8, 4) is 0 Å². The third-order valence-corrected chi connectivity index (χ3v) is 11.8. The summed E-state index contributed by atoms with van der Waals surface area (Å²) in [6.45, 7) is 4.31. The maximum Gasteiger partial charge on any atom is 0.252 e. The molecule has 2 aliphatic heterocycles. The SMILES string of the molecule is Cc1c(CC(=O)N2CC3C=C(c4cccc(F)c4)[C@H]2C3)c(=O)[nH]c2ccc(F)c(F)c12.Cc1c(CC(=O)N2CCC=C(c3cccc(F)c3)C2)c(=O)[nH]c2ccc(F)c(F)c12. The molecule has 9 rings (SSSR count). The second-order valence-electron chi connectivity index (χ2n) is 15.6. The van der Waals surface area contributed by atoms with Crippen LogP contribution in [-0.4, -0.2) is 57.3 Å². The molecule has 61 heavy (non-hydrogen) atoms. The lowest BCUT2D eigenvalue weighted by molar-refractivity contribution is -0.131. The molecule has 4 heterocycles. The second-order valence-corrected chi connectivity index (χ2v) is 15.6. The number of nitrogens with zero attached hydrogens (tertiary/aromatic N) is 2.